The largest absolute Gasteiger partial charge is 0.0619 e. The quantitative estimate of drug-likeness (QED) is 0.633. The number of rotatable bonds is 1. The molecule has 19 heavy (non-hydrogen) atoms. The van der Waals surface area contributed by atoms with E-state index >= 15 is 0 Å². The second-order valence-corrected chi connectivity index (χ2v) is 6.55. The van der Waals surface area contributed by atoms with E-state index in [0.29, 0.717) is 5.92 Å². The molecule has 98 valence electrons. The van der Waals surface area contributed by atoms with Crippen LogP contribution in [0.4, 0.5) is 0 Å². The maximum absolute atomic E-state index is 2.36. The molecule has 0 N–H and O–H groups in total. The average Bonchev–Trinajstić information content (AvgIpc) is 2.60. The Hall–Kier alpha value is -1.56. The van der Waals surface area contributed by atoms with Crippen LogP contribution in [0.5, 0.6) is 0 Å². The van der Waals surface area contributed by atoms with Crippen LogP contribution in [0.3, 0.4) is 0 Å². The third-order valence-corrected chi connectivity index (χ3v) is 4.56. The van der Waals surface area contributed by atoms with Gasteiger partial charge in [0.25, 0.3) is 0 Å². The molecule has 0 saturated heterocycles. The van der Waals surface area contributed by atoms with Gasteiger partial charge in [0.1, 0.15) is 0 Å². The molecular formula is C19H22. The Balaban J connectivity index is 2.45. The molecule has 0 saturated carbocycles. The molecule has 2 aromatic rings. The van der Waals surface area contributed by atoms with Crippen molar-refractivity contribution in [3.63, 3.8) is 0 Å². The molecular weight excluding hydrogens is 228 g/mol. The molecule has 0 unspecified atom stereocenters. The minimum absolute atomic E-state index is 0.126. The van der Waals surface area contributed by atoms with E-state index in [0.717, 1.165) is 0 Å². The van der Waals surface area contributed by atoms with Gasteiger partial charge in [0.15, 0.2) is 0 Å². The number of fused-ring (bicyclic) bond motifs is 3. The summed E-state index contributed by atoms with van der Waals surface area (Å²) in [6.07, 6.45) is 0. The molecule has 0 heteroatoms. The van der Waals surface area contributed by atoms with Crippen LogP contribution in [0.1, 0.15) is 55.9 Å². The highest BCUT2D eigenvalue weighted by molar-refractivity contribution is 5.84. The Morgan fingerprint density at radius 3 is 2.32 bits per heavy atom. The molecule has 1 aliphatic rings. The van der Waals surface area contributed by atoms with Crippen LogP contribution < -0.4 is 0 Å². The minimum atomic E-state index is 0.126. The predicted octanol–water partition coefficient (Wildman–Crippen LogP) is 5.42. The van der Waals surface area contributed by atoms with E-state index in [1.807, 2.05) is 0 Å². The Morgan fingerprint density at radius 1 is 0.947 bits per heavy atom. The molecule has 0 amide bonds. The first-order chi connectivity index (χ1) is 8.94. The zero-order valence-electron chi connectivity index (χ0n) is 12.5. The Kier molecular flexibility index (Phi) is 2.60. The van der Waals surface area contributed by atoms with Crippen molar-refractivity contribution in [1.29, 1.82) is 0 Å². The summed E-state index contributed by atoms with van der Waals surface area (Å²) in [4.78, 5) is 0. The fourth-order valence-electron chi connectivity index (χ4n) is 3.68. The SMILES string of the molecule is Cc1ccc(C(C)C)c2c1C(C)(C)c1ccccc1-2. The van der Waals surface area contributed by atoms with Gasteiger partial charge in [-0.25, -0.2) is 0 Å². The lowest BCUT2D eigenvalue weighted by molar-refractivity contribution is 0.654. The number of benzene rings is 2. The Labute approximate surface area is 116 Å². The maximum atomic E-state index is 2.36. The van der Waals surface area contributed by atoms with Gasteiger partial charge < -0.3 is 0 Å². The third kappa shape index (κ3) is 1.59. The molecule has 0 nitrogen and oxygen atoms in total. The van der Waals surface area contributed by atoms with Crippen molar-refractivity contribution in [3.05, 3.63) is 58.7 Å². The van der Waals surface area contributed by atoms with Gasteiger partial charge in [-0.1, -0.05) is 64.1 Å². The van der Waals surface area contributed by atoms with Crippen molar-refractivity contribution >= 4 is 0 Å². The van der Waals surface area contributed by atoms with Gasteiger partial charge >= 0.3 is 0 Å². The molecule has 0 aromatic heterocycles. The molecule has 0 radical (unpaired) electrons. The molecule has 3 rings (SSSR count). The zero-order valence-corrected chi connectivity index (χ0v) is 12.5. The number of hydrogen-bond donors (Lipinski definition) is 0. The number of aryl methyl sites for hydroxylation is 1. The fraction of sp³-hybridized carbons (Fsp3) is 0.368. The van der Waals surface area contributed by atoms with E-state index < -0.39 is 0 Å². The van der Waals surface area contributed by atoms with Gasteiger partial charge in [0.05, 0.1) is 0 Å². The molecule has 0 bridgehead atoms. The van der Waals surface area contributed by atoms with Crippen LogP contribution in [0, 0.1) is 6.92 Å². The zero-order chi connectivity index (χ0) is 13.8. The van der Waals surface area contributed by atoms with Crippen LogP contribution >= 0.6 is 0 Å². The van der Waals surface area contributed by atoms with E-state index in [4.69, 9.17) is 0 Å². The summed E-state index contributed by atoms with van der Waals surface area (Å²) in [5.74, 6) is 0.566. The lowest BCUT2D eigenvalue weighted by Crippen LogP contribution is -2.16. The normalized spacial score (nSPS) is 15.5. The second-order valence-electron chi connectivity index (χ2n) is 6.55. The van der Waals surface area contributed by atoms with Gasteiger partial charge in [-0.3, -0.25) is 0 Å². The average molecular weight is 250 g/mol. The van der Waals surface area contributed by atoms with Gasteiger partial charge in [-0.15, -0.1) is 0 Å². The predicted molar refractivity (Wildman–Crippen MR) is 82.8 cm³/mol. The monoisotopic (exact) mass is 250 g/mol. The van der Waals surface area contributed by atoms with Crippen molar-refractivity contribution < 1.29 is 0 Å². The number of hydrogen-bond acceptors (Lipinski definition) is 0. The van der Waals surface area contributed by atoms with E-state index in [2.05, 4.69) is 71.0 Å². The summed E-state index contributed by atoms with van der Waals surface area (Å²) in [5, 5.41) is 0. The van der Waals surface area contributed by atoms with Crippen LogP contribution in [-0.2, 0) is 5.41 Å². The van der Waals surface area contributed by atoms with Crippen molar-refractivity contribution in [2.24, 2.45) is 0 Å². The standard InChI is InChI=1S/C19H22/c1-12(2)14-11-10-13(3)18-17(14)15-8-6-7-9-16(15)19(18,4)5/h6-12H,1-5H3. The highest BCUT2D eigenvalue weighted by atomic mass is 14.4. The lowest BCUT2D eigenvalue weighted by atomic mass is 9.79. The molecule has 2 aromatic carbocycles. The molecule has 0 atom stereocenters. The van der Waals surface area contributed by atoms with E-state index in [9.17, 15) is 0 Å². The van der Waals surface area contributed by atoms with E-state index in [1.165, 1.54) is 33.4 Å². The summed E-state index contributed by atoms with van der Waals surface area (Å²) >= 11 is 0. The van der Waals surface area contributed by atoms with Crippen molar-refractivity contribution in [2.45, 2.75) is 46.0 Å². The molecule has 0 fully saturated rings. The molecule has 0 spiro atoms. The van der Waals surface area contributed by atoms with Gasteiger partial charge in [0, 0.05) is 5.41 Å². The highest BCUT2D eigenvalue weighted by Crippen LogP contribution is 2.52. The van der Waals surface area contributed by atoms with E-state index in [1.54, 1.807) is 0 Å². The summed E-state index contributed by atoms with van der Waals surface area (Å²) in [6.45, 7) is 11.5. The minimum Gasteiger partial charge on any atom is -0.0619 e. The smallest absolute Gasteiger partial charge is 0.0161 e. The molecule has 0 aliphatic heterocycles. The summed E-state index contributed by atoms with van der Waals surface area (Å²) < 4.78 is 0. The molecule has 0 heterocycles. The first kappa shape index (κ1) is 12.5. The summed E-state index contributed by atoms with van der Waals surface area (Å²) in [7, 11) is 0. The van der Waals surface area contributed by atoms with Crippen molar-refractivity contribution in [3.8, 4) is 11.1 Å². The molecule has 1 aliphatic carbocycles. The van der Waals surface area contributed by atoms with Crippen LogP contribution in [-0.4, -0.2) is 0 Å². The summed E-state index contributed by atoms with van der Waals surface area (Å²) in [6, 6.07) is 13.5. The van der Waals surface area contributed by atoms with Crippen molar-refractivity contribution in [1.82, 2.24) is 0 Å². The van der Waals surface area contributed by atoms with Crippen LogP contribution in [0.2, 0.25) is 0 Å². The topological polar surface area (TPSA) is 0 Å². The Bertz CT molecular complexity index is 645. The first-order valence-electron chi connectivity index (χ1n) is 7.18. The van der Waals surface area contributed by atoms with Gasteiger partial charge in [-0.05, 0) is 46.2 Å². The maximum Gasteiger partial charge on any atom is 0.0161 e. The fourth-order valence-corrected chi connectivity index (χ4v) is 3.68. The Morgan fingerprint density at radius 2 is 1.63 bits per heavy atom. The van der Waals surface area contributed by atoms with Crippen LogP contribution in [0.25, 0.3) is 11.1 Å². The highest BCUT2D eigenvalue weighted by Gasteiger charge is 2.37. The second kappa shape index (κ2) is 3.96. The lowest BCUT2D eigenvalue weighted by Gasteiger charge is -2.24. The van der Waals surface area contributed by atoms with Crippen molar-refractivity contribution in [2.75, 3.05) is 0 Å². The first-order valence-corrected chi connectivity index (χ1v) is 7.18. The third-order valence-electron chi connectivity index (χ3n) is 4.56. The van der Waals surface area contributed by atoms with Gasteiger partial charge in [0.2, 0.25) is 0 Å². The van der Waals surface area contributed by atoms with Gasteiger partial charge in [-0.2, -0.15) is 0 Å². The van der Waals surface area contributed by atoms with E-state index in [-0.39, 0.29) is 5.41 Å². The summed E-state index contributed by atoms with van der Waals surface area (Å²) in [5.41, 5.74) is 8.96. The van der Waals surface area contributed by atoms with Crippen LogP contribution in [0.15, 0.2) is 36.4 Å².